The Morgan fingerprint density at radius 2 is 1.06 bits per heavy atom. The third-order valence-corrected chi connectivity index (χ3v) is 16.8. The van der Waals surface area contributed by atoms with Crippen LogP contribution >= 0.6 is 0 Å². The Balaban J connectivity index is 0.000000209. The summed E-state index contributed by atoms with van der Waals surface area (Å²) in [4.78, 5) is 49.2. The van der Waals surface area contributed by atoms with Crippen molar-refractivity contribution in [3.63, 3.8) is 0 Å². The fourth-order valence-electron chi connectivity index (χ4n) is 13.1. The number of fused-ring (bicyclic) bond motifs is 11. The summed E-state index contributed by atoms with van der Waals surface area (Å²) in [5.41, 5.74) is -2.06. The first-order valence-electron chi connectivity index (χ1n) is 21.4. The van der Waals surface area contributed by atoms with Gasteiger partial charge in [0.25, 0.3) is 0 Å². The first-order valence-corrected chi connectivity index (χ1v) is 21.4. The quantitative estimate of drug-likeness (QED) is 0.0984. The van der Waals surface area contributed by atoms with Crippen molar-refractivity contribution in [1.82, 2.24) is 0 Å². The van der Waals surface area contributed by atoms with E-state index in [9.17, 15) is 19.2 Å². The van der Waals surface area contributed by atoms with Crippen molar-refractivity contribution in [2.75, 3.05) is 13.2 Å². The second-order valence-electron chi connectivity index (χ2n) is 20.5. The second kappa shape index (κ2) is 15.1. The van der Waals surface area contributed by atoms with Crippen molar-refractivity contribution in [3.8, 4) is 0 Å². The van der Waals surface area contributed by atoms with Gasteiger partial charge in [0.2, 0.25) is 0 Å². The maximum absolute atomic E-state index is 12.7. The van der Waals surface area contributed by atoms with Crippen molar-refractivity contribution < 1.29 is 38.1 Å². The Labute approximate surface area is 321 Å². The number of rotatable bonds is 14. The summed E-state index contributed by atoms with van der Waals surface area (Å²) in [5.74, 6) is 5.12. The lowest BCUT2D eigenvalue weighted by Crippen LogP contribution is -2.54. The average molecular weight is 743 g/mol. The van der Waals surface area contributed by atoms with Crippen LogP contribution in [0.3, 0.4) is 0 Å². The summed E-state index contributed by atoms with van der Waals surface area (Å²) in [5, 5.41) is 0. The Kier molecular flexibility index (Phi) is 12.0. The van der Waals surface area contributed by atoms with Gasteiger partial charge >= 0.3 is 23.9 Å². The van der Waals surface area contributed by atoms with Crippen LogP contribution in [0, 0.1) is 69.0 Å². The molecule has 0 heterocycles. The number of carbonyl (C=O) groups excluding carboxylic acids is 4. The summed E-state index contributed by atoms with van der Waals surface area (Å²) in [7, 11) is 0. The summed E-state index contributed by atoms with van der Waals surface area (Å²) >= 11 is 0. The molecule has 302 valence electrons. The van der Waals surface area contributed by atoms with Crippen LogP contribution in [-0.2, 0) is 38.1 Å². The van der Waals surface area contributed by atoms with E-state index in [4.69, 9.17) is 18.9 Å². The van der Waals surface area contributed by atoms with Crippen LogP contribution in [0.1, 0.15) is 167 Å². The SMILES string of the molecule is CCC(C)(C)C(=O)OCC(=O)OC(C)(C)C1(CC)CC2CC1C1C3CCC(C3)C21.CCC(C)(C)C(=O)OCC(=O)OC(C)(C)C1(CC)CC2CCC1C2. The average Bonchev–Trinajstić information content (AvgIpc) is 3.96. The van der Waals surface area contributed by atoms with Crippen LogP contribution in [0.2, 0.25) is 0 Å². The predicted molar refractivity (Wildman–Crippen MR) is 205 cm³/mol. The molecule has 0 radical (unpaired) electrons. The molecule has 6 bridgehead atoms. The fraction of sp³-hybridized carbons (Fsp3) is 0.911. The van der Waals surface area contributed by atoms with Crippen LogP contribution in [0.25, 0.3) is 0 Å². The van der Waals surface area contributed by atoms with E-state index in [0.717, 1.165) is 54.8 Å². The van der Waals surface area contributed by atoms with Crippen molar-refractivity contribution in [2.24, 2.45) is 69.0 Å². The van der Waals surface area contributed by atoms with E-state index in [1.54, 1.807) is 0 Å². The molecule has 6 saturated carbocycles. The van der Waals surface area contributed by atoms with Gasteiger partial charge in [0.1, 0.15) is 11.2 Å². The number of esters is 4. The number of hydrogen-bond acceptors (Lipinski definition) is 8. The second-order valence-corrected chi connectivity index (χ2v) is 20.5. The molecule has 6 rings (SSSR count). The van der Waals surface area contributed by atoms with Crippen molar-refractivity contribution in [3.05, 3.63) is 0 Å². The molecule has 6 aliphatic rings. The molecule has 10 atom stereocenters. The molecule has 8 heteroatoms. The van der Waals surface area contributed by atoms with E-state index in [-0.39, 0.29) is 36.0 Å². The largest absolute Gasteiger partial charge is 0.457 e. The normalized spacial score (nSPS) is 35.4. The van der Waals surface area contributed by atoms with Crippen molar-refractivity contribution in [2.45, 2.75) is 178 Å². The van der Waals surface area contributed by atoms with E-state index in [0.29, 0.717) is 24.7 Å². The molecule has 0 saturated heterocycles. The fourth-order valence-corrected chi connectivity index (χ4v) is 13.1. The lowest BCUT2D eigenvalue weighted by molar-refractivity contribution is -0.191. The lowest BCUT2D eigenvalue weighted by Gasteiger charge is -2.53. The van der Waals surface area contributed by atoms with Gasteiger partial charge in [-0.1, -0.05) is 34.1 Å². The molecule has 0 aromatic heterocycles. The molecule has 0 aliphatic heterocycles. The van der Waals surface area contributed by atoms with Crippen molar-refractivity contribution in [1.29, 1.82) is 0 Å². The summed E-state index contributed by atoms with van der Waals surface area (Å²) in [6.45, 7) is 23.4. The molecule has 0 aromatic carbocycles. The van der Waals surface area contributed by atoms with Crippen LogP contribution in [0.15, 0.2) is 0 Å². The van der Waals surface area contributed by atoms with Crippen LogP contribution in [0.5, 0.6) is 0 Å². The Morgan fingerprint density at radius 1 is 0.566 bits per heavy atom. The molecule has 0 spiro atoms. The Bertz CT molecular complexity index is 1380. The molecule has 6 aliphatic carbocycles. The van der Waals surface area contributed by atoms with Gasteiger partial charge in [0.05, 0.1) is 10.8 Å². The topological polar surface area (TPSA) is 105 Å². The van der Waals surface area contributed by atoms with E-state index in [1.807, 2.05) is 55.4 Å². The smallest absolute Gasteiger partial charge is 0.344 e. The van der Waals surface area contributed by atoms with Gasteiger partial charge in [-0.2, -0.15) is 0 Å². The lowest BCUT2D eigenvalue weighted by atomic mass is 9.54. The summed E-state index contributed by atoms with van der Waals surface area (Å²) in [6.07, 6.45) is 15.3. The van der Waals surface area contributed by atoms with E-state index in [2.05, 4.69) is 27.7 Å². The van der Waals surface area contributed by atoms with Crippen molar-refractivity contribution >= 4 is 23.9 Å². The van der Waals surface area contributed by atoms with Gasteiger partial charge in [-0.3, -0.25) is 9.59 Å². The standard InChI is InChI=1S/C25H40O4.C20H34O4/c1-7-23(3,4)22(27)28-14-19(26)29-24(5,6)25(8-2)13-17-12-18(25)21-16-10-9-15(11-16)20(17)21;1-7-18(3,4)17(22)23-13-16(21)24-19(5,6)20(8-2)12-14-9-10-15(20)11-14/h15-18,20-21H,7-14H2,1-6H3;14-15H,7-13H2,1-6H3. The van der Waals surface area contributed by atoms with Crippen LogP contribution < -0.4 is 0 Å². The van der Waals surface area contributed by atoms with E-state index >= 15 is 0 Å². The van der Waals surface area contributed by atoms with Crippen LogP contribution in [0.4, 0.5) is 0 Å². The minimum atomic E-state index is -0.568. The van der Waals surface area contributed by atoms with Gasteiger partial charge < -0.3 is 18.9 Å². The zero-order valence-electron chi connectivity index (χ0n) is 35.5. The summed E-state index contributed by atoms with van der Waals surface area (Å²) < 4.78 is 22.4. The van der Waals surface area contributed by atoms with E-state index < -0.39 is 34.0 Å². The maximum atomic E-state index is 12.7. The first kappa shape index (κ1) is 42.0. The van der Waals surface area contributed by atoms with Gasteiger partial charge in [0, 0.05) is 10.8 Å². The number of carbonyl (C=O) groups is 4. The third-order valence-electron chi connectivity index (χ3n) is 16.8. The molecule has 0 amide bonds. The van der Waals surface area contributed by atoms with E-state index in [1.165, 1.54) is 51.4 Å². The highest BCUT2D eigenvalue weighted by atomic mass is 16.6. The molecular weight excluding hydrogens is 668 g/mol. The first-order chi connectivity index (χ1) is 24.6. The molecule has 10 unspecified atom stereocenters. The monoisotopic (exact) mass is 743 g/mol. The van der Waals surface area contributed by atoms with Gasteiger partial charge in [-0.25, -0.2) is 9.59 Å². The maximum Gasteiger partial charge on any atom is 0.344 e. The summed E-state index contributed by atoms with van der Waals surface area (Å²) in [6, 6.07) is 0. The number of hydrogen-bond donors (Lipinski definition) is 0. The highest BCUT2D eigenvalue weighted by Crippen LogP contribution is 2.74. The molecular formula is C45H74O8. The minimum absolute atomic E-state index is 0.0612. The highest BCUT2D eigenvalue weighted by Gasteiger charge is 2.70. The molecule has 53 heavy (non-hydrogen) atoms. The molecule has 0 aromatic rings. The minimum Gasteiger partial charge on any atom is -0.457 e. The van der Waals surface area contributed by atoms with Gasteiger partial charge in [0.15, 0.2) is 13.2 Å². The van der Waals surface area contributed by atoms with Crippen LogP contribution in [-0.4, -0.2) is 48.3 Å². The zero-order valence-corrected chi connectivity index (χ0v) is 35.5. The third kappa shape index (κ3) is 7.45. The predicted octanol–water partition coefficient (Wildman–Crippen LogP) is 9.89. The highest BCUT2D eigenvalue weighted by molar-refractivity contribution is 5.80. The Hall–Kier alpha value is -2.12. The van der Waals surface area contributed by atoms with Gasteiger partial charge in [-0.15, -0.1) is 0 Å². The zero-order chi connectivity index (χ0) is 39.4. The Morgan fingerprint density at radius 3 is 1.49 bits per heavy atom. The molecule has 6 fully saturated rings. The van der Waals surface area contributed by atoms with Gasteiger partial charge in [-0.05, 0) is 180 Å². The molecule has 8 nitrogen and oxygen atoms in total. The number of ether oxygens (including phenoxy) is 4. The molecule has 0 N–H and O–H groups in total.